The summed E-state index contributed by atoms with van der Waals surface area (Å²) in [4.78, 5) is 4.57. The highest BCUT2D eigenvalue weighted by Crippen LogP contribution is 2.57. The summed E-state index contributed by atoms with van der Waals surface area (Å²) in [6.45, 7) is 0.599. The van der Waals surface area contributed by atoms with Gasteiger partial charge in [-0.25, -0.2) is 4.98 Å². The number of hydrogen-bond acceptors (Lipinski definition) is 2. The van der Waals surface area contributed by atoms with E-state index in [1.165, 1.54) is 37.9 Å². The minimum atomic E-state index is 0.599. The predicted octanol–water partition coefficient (Wildman–Crippen LogP) is 2.88. The van der Waals surface area contributed by atoms with Crippen LogP contribution in [-0.4, -0.2) is 9.55 Å². The molecule has 0 aliphatic heterocycles. The molecular formula is C17H27N3. The van der Waals surface area contributed by atoms with Crippen molar-refractivity contribution in [2.24, 2.45) is 42.4 Å². The highest BCUT2D eigenvalue weighted by molar-refractivity contribution is 5.05. The summed E-state index contributed by atoms with van der Waals surface area (Å²) in [5.41, 5.74) is 6.89. The molecule has 2 N–H and O–H groups in total. The van der Waals surface area contributed by atoms with Crippen molar-refractivity contribution in [2.75, 3.05) is 0 Å². The van der Waals surface area contributed by atoms with Crippen molar-refractivity contribution in [3.05, 3.63) is 17.7 Å². The molecular weight excluding hydrogens is 246 g/mol. The van der Waals surface area contributed by atoms with Crippen LogP contribution in [0.25, 0.3) is 0 Å². The van der Waals surface area contributed by atoms with Crippen molar-refractivity contribution in [3.63, 3.8) is 0 Å². The summed E-state index contributed by atoms with van der Waals surface area (Å²) < 4.78 is 2.20. The Balaban J connectivity index is 1.43. The van der Waals surface area contributed by atoms with Crippen LogP contribution in [0.2, 0.25) is 0 Å². The molecule has 0 aromatic carbocycles. The molecule has 3 heteroatoms. The Kier molecular flexibility index (Phi) is 3.13. The number of nitrogens with zero attached hydrogens (tertiary/aromatic N) is 2. The zero-order valence-corrected chi connectivity index (χ0v) is 12.6. The third kappa shape index (κ3) is 2.02. The molecule has 110 valence electrons. The molecule has 0 radical (unpaired) electrons. The lowest BCUT2D eigenvalue weighted by Crippen LogP contribution is -2.45. The van der Waals surface area contributed by atoms with Crippen molar-refractivity contribution in [1.82, 2.24) is 9.55 Å². The third-order valence-electron chi connectivity index (χ3n) is 6.51. The average Bonchev–Trinajstić information content (AvgIpc) is 2.78. The maximum Gasteiger partial charge on any atom is 0.108 e. The molecule has 0 atom stereocenters. The number of aryl methyl sites for hydroxylation is 1. The van der Waals surface area contributed by atoms with Gasteiger partial charge < -0.3 is 10.3 Å². The molecule has 0 saturated heterocycles. The first-order valence-corrected chi connectivity index (χ1v) is 8.44. The van der Waals surface area contributed by atoms with E-state index in [9.17, 15) is 0 Å². The second-order valence-corrected chi connectivity index (χ2v) is 7.56. The normalized spacial score (nSPS) is 38.6. The third-order valence-corrected chi connectivity index (χ3v) is 6.51. The summed E-state index contributed by atoms with van der Waals surface area (Å²) >= 11 is 0. The highest BCUT2D eigenvalue weighted by atomic mass is 15.1. The zero-order valence-electron chi connectivity index (χ0n) is 12.6. The lowest BCUT2D eigenvalue weighted by atomic mass is 9.51. The van der Waals surface area contributed by atoms with E-state index in [0.29, 0.717) is 6.54 Å². The zero-order chi connectivity index (χ0) is 13.7. The molecule has 1 aromatic heterocycles. The fraction of sp³-hybridized carbons (Fsp3) is 0.824. The van der Waals surface area contributed by atoms with Crippen LogP contribution in [-0.2, 0) is 20.0 Å². The standard InChI is InChI=1S/C17H27N3/c1-20-15(9-18)10-19-17(20)3-2-16-13-5-11-4-12(7-13)8-14(16)6-11/h10-14,16H,2-9,18H2,1H3. The number of nitrogens with two attached hydrogens (primary N) is 1. The van der Waals surface area contributed by atoms with Crippen molar-refractivity contribution >= 4 is 0 Å². The Bertz CT molecular complexity index is 462. The number of rotatable bonds is 4. The molecule has 4 bridgehead atoms. The van der Waals surface area contributed by atoms with E-state index in [1.54, 1.807) is 6.42 Å². The van der Waals surface area contributed by atoms with Gasteiger partial charge in [0.05, 0.1) is 5.69 Å². The van der Waals surface area contributed by atoms with Gasteiger partial charge in [0.1, 0.15) is 5.82 Å². The van der Waals surface area contributed by atoms with Gasteiger partial charge in [0.25, 0.3) is 0 Å². The minimum Gasteiger partial charge on any atom is -0.334 e. The first-order valence-electron chi connectivity index (χ1n) is 8.44. The molecule has 5 rings (SSSR count). The van der Waals surface area contributed by atoms with Crippen molar-refractivity contribution in [3.8, 4) is 0 Å². The van der Waals surface area contributed by atoms with Crippen LogP contribution in [0.3, 0.4) is 0 Å². The molecule has 0 spiro atoms. The Labute approximate surface area is 122 Å². The molecule has 4 saturated carbocycles. The quantitative estimate of drug-likeness (QED) is 0.916. The van der Waals surface area contributed by atoms with Crippen LogP contribution in [0.4, 0.5) is 0 Å². The summed E-state index contributed by atoms with van der Waals surface area (Å²) in [7, 11) is 2.11. The van der Waals surface area contributed by atoms with E-state index in [-0.39, 0.29) is 0 Å². The smallest absolute Gasteiger partial charge is 0.108 e. The van der Waals surface area contributed by atoms with Crippen molar-refractivity contribution in [2.45, 2.75) is 51.5 Å². The largest absolute Gasteiger partial charge is 0.334 e. The van der Waals surface area contributed by atoms with E-state index in [0.717, 1.165) is 41.7 Å². The number of aromatic nitrogens is 2. The molecule has 3 nitrogen and oxygen atoms in total. The summed E-state index contributed by atoms with van der Waals surface area (Å²) in [6, 6.07) is 0. The second kappa shape index (κ2) is 4.87. The Morgan fingerprint density at radius 3 is 2.35 bits per heavy atom. The van der Waals surface area contributed by atoms with Gasteiger partial charge in [0, 0.05) is 26.2 Å². The van der Waals surface area contributed by atoms with E-state index >= 15 is 0 Å². The van der Waals surface area contributed by atoms with Gasteiger partial charge in [-0.3, -0.25) is 0 Å². The molecule has 0 amide bonds. The summed E-state index contributed by atoms with van der Waals surface area (Å²) in [6.07, 6.45) is 12.1. The highest BCUT2D eigenvalue weighted by Gasteiger charge is 2.47. The van der Waals surface area contributed by atoms with Crippen LogP contribution >= 0.6 is 0 Å². The van der Waals surface area contributed by atoms with Crippen LogP contribution in [0.5, 0.6) is 0 Å². The maximum absolute atomic E-state index is 5.74. The van der Waals surface area contributed by atoms with E-state index in [4.69, 9.17) is 5.73 Å². The van der Waals surface area contributed by atoms with Crippen LogP contribution < -0.4 is 5.73 Å². The average molecular weight is 273 g/mol. The van der Waals surface area contributed by atoms with Gasteiger partial charge in [-0.1, -0.05) is 0 Å². The minimum absolute atomic E-state index is 0.599. The lowest BCUT2D eigenvalue weighted by molar-refractivity contribution is -0.0396. The van der Waals surface area contributed by atoms with Gasteiger partial charge in [0.15, 0.2) is 0 Å². The topological polar surface area (TPSA) is 43.8 Å². The van der Waals surface area contributed by atoms with Gasteiger partial charge in [-0.2, -0.15) is 0 Å². The van der Waals surface area contributed by atoms with Crippen LogP contribution in [0.15, 0.2) is 6.20 Å². The molecule has 4 aliphatic carbocycles. The van der Waals surface area contributed by atoms with Gasteiger partial charge in [-0.15, -0.1) is 0 Å². The molecule has 1 aromatic rings. The lowest BCUT2D eigenvalue weighted by Gasteiger charge is -2.54. The fourth-order valence-electron chi connectivity index (χ4n) is 5.71. The monoisotopic (exact) mass is 273 g/mol. The summed E-state index contributed by atoms with van der Waals surface area (Å²) in [5.74, 6) is 6.48. The van der Waals surface area contributed by atoms with Gasteiger partial charge >= 0.3 is 0 Å². The molecule has 20 heavy (non-hydrogen) atoms. The van der Waals surface area contributed by atoms with Crippen LogP contribution in [0.1, 0.15) is 50.0 Å². The van der Waals surface area contributed by atoms with Gasteiger partial charge in [-0.05, 0) is 68.1 Å². The first kappa shape index (κ1) is 12.9. The van der Waals surface area contributed by atoms with Crippen molar-refractivity contribution in [1.29, 1.82) is 0 Å². The second-order valence-electron chi connectivity index (χ2n) is 7.56. The SMILES string of the molecule is Cn1c(CN)cnc1CCC1C2CC3CC(C2)CC1C3. The maximum atomic E-state index is 5.74. The predicted molar refractivity (Wildman–Crippen MR) is 80.0 cm³/mol. The van der Waals surface area contributed by atoms with Gasteiger partial charge in [0.2, 0.25) is 0 Å². The Morgan fingerprint density at radius 2 is 1.80 bits per heavy atom. The Hall–Kier alpha value is -0.830. The first-order chi connectivity index (χ1) is 9.74. The fourth-order valence-corrected chi connectivity index (χ4v) is 5.71. The van der Waals surface area contributed by atoms with E-state index in [1.807, 2.05) is 6.20 Å². The molecule has 0 unspecified atom stereocenters. The number of imidazole rings is 1. The van der Waals surface area contributed by atoms with E-state index < -0.39 is 0 Å². The molecule has 4 fully saturated rings. The molecule has 4 aliphatic rings. The number of hydrogen-bond donors (Lipinski definition) is 1. The van der Waals surface area contributed by atoms with E-state index in [2.05, 4.69) is 16.6 Å². The van der Waals surface area contributed by atoms with Crippen molar-refractivity contribution < 1.29 is 0 Å². The Morgan fingerprint density at radius 1 is 1.15 bits per heavy atom. The summed E-state index contributed by atoms with van der Waals surface area (Å²) in [5, 5.41) is 0. The molecule has 1 heterocycles. The van der Waals surface area contributed by atoms with Crippen LogP contribution in [0, 0.1) is 29.6 Å².